The highest BCUT2D eigenvalue weighted by molar-refractivity contribution is 5.76. The first kappa shape index (κ1) is 11.9. The molecular weight excluding hydrogens is 204 g/mol. The fourth-order valence-electron chi connectivity index (χ4n) is 2.19. The first-order valence-electron chi connectivity index (χ1n) is 6.17. The second kappa shape index (κ2) is 4.72. The number of hydrogen-bond acceptors (Lipinski definition) is 3. The Bertz CT molecular complexity index is 260. The second-order valence-corrected chi connectivity index (χ2v) is 5.59. The molecule has 16 heavy (non-hydrogen) atoms. The summed E-state index contributed by atoms with van der Waals surface area (Å²) in [5.41, 5.74) is 0.441. The van der Waals surface area contributed by atoms with Crippen molar-refractivity contribution in [3.8, 4) is 0 Å². The van der Waals surface area contributed by atoms with Gasteiger partial charge in [-0.05, 0) is 17.8 Å². The molecule has 0 radical (unpaired) electrons. The van der Waals surface area contributed by atoms with Gasteiger partial charge in [-0.25, -0.2) is 0 Å². The fourth-order valence-corrected chi connectivity index (χ4v) is 2.19. The van der Waals surface area contributed by atoms with Crippen LogP contribution in [0.2, 0.25) is 0 Å². The zero-order chi connectivity index (χ0) is 11.6. The molecular formula is C12H22N2O2. The number of ether oxygens (including phenoxy) is 1. The third-order valence-corrected chi connectivity index (χ3v) is 3.68. The first-order valence-corrected chi connectivity index (χ1v) is 6.17. The third kappa shape index (κ3) is 3.19. The average Bonchev–Trinajstić information content (AvgIpc) is 2.85. The van der Waals surface area contributed by atoms with Gasteiger partial charge in [0.15, 0.2) is 0 Å². The molecule has 0 spiro atoms. The molecule has 2 aliphatic rings. The maximum atomic E-state index is 11.6. The third-order valence-electron chi connectivity index (χ3n) is 3.68. The molecule has 1 aliphatic heterocycles. The smallest absolute Gasteiger partial charge is 0.222 e. The molecule has 2 rings (SSSR count). The van der Waals surface area contributed by atoms with E-state index in [4.69, 9.17) is 4.74 Å². The molecule has 4 heteroatoms. The normalized spacial score (nSPS) is 32.1. The van der Waals surface area contributed by atoms with Gasteiger partial charge in [-0.2, -0.15) is 0 Å². The van der Waals surface area contributed by atoms with E-state index in [1.165, 1.54) is 6.42 Å². The molecule has 2 unspecified atom stereocenters. The van der Waals surface area contributed by atoms with Crippen molar-refractivity contribution < 1.29 is 9.53 Å². The van der Waals surface area contributed by atoms with Gasteiger partial charge in [-0.15, -0.1) is 0 Å². The van der Waals surface area contributed by atoms with Gasteiger partial charge in [0.1, 0.15) is 0 Å². The van der Waals surface area contributed by atoms with Gasteiger partial charge in [-0.3, -0.25) is 4.79 Å². The van der Waals surface area contributed by atoms with Crippen LogP contribution in [0.4, 0.5) is 0 Å². The molecule has 92 valence electrons. The molecule has 2 fully saturated rings. The highest BCUT2D eigenvalue weighted by Crippen LogP contribution is 2.50. The Labute approximate surface area is 97.1 Å². The lowest BCUT2D eigenvalue weighted by Crippen LogP contribution is -2.41. The van der Waals surface area contributed by atoms with Gasteiger partial charge in [0.05, 0.1) is 19.1 Å². The molecule has 1 heterocycles. The van der Waals surface area contributed by atoms with Gasteiger partial charge in [-0.1, -0.05) is 13.8 Å². The molecule has 0 aromatic rings. The van der Waals surface area contributed by atoms with Crippen molar-refractivity contribution in [1.29, 1.82) is 0 Å². The number of nitrogens with one attached hydrogen (secondary N) is 2. The molecule has 1 aliphatic carbocycles. The Kier molecular flexibility index (Phi) is 3.50. The van der Waals surface area contributed by atoms with E-state index in [2.05, 4.69) is 24.5 Å². The second-order valence-electron chi connectivity index (χ2n) is 5.59. The van der Waals surface area contributed by atoms with Crippen molar-refractivity contribution in [3.05, 3.63) is 0 Å². The van der Waals surface area contributed by atoms with Crippen LogP contribution in [0.25, 0.3) is 0 Å². The van der Waals surface area contributed by atoms with Gasteiger partial charge in [0.2, 0.25) is 5.91 Å². The predicted molar refractivity (Wildman–Crippen MR) is 62.1 cm³/mol. The minimum absolute atomic E-state index is 0.0564. The van der Waals surface area contributed by atoms with Crippen LogP contribution in [-0.2, 0) is 9.53 Å². The lowest BCUT2D eigenvalue weighted by molar-refractivity contribution is -0.124. The first-order chi connectivity index (χ1) is 7.58. The number of amides is 1. The van der Waals surface area contributed by atoms with Crippen LogP contribution in [0.3, 0.4) is 0 Å². The van der Waals surface area contributed by atoms with Gasteiger partial charge < -0.3 is 15.4 Å². The predicted octanol–water partition coefficient (Wildman–Crippen LogP) is 0.527. The largest absolute Gasteiger partial charge is 0.375 e. The van der Waals surface area contributed by atoms with Crippen molar-refractivity contribution in [2.45, 2.75) is 32.8 Å². The summed E-state index contributed by atoms with van der Waals surface area (Å²) in [6.07, 6.45) is 1.77. The minimum Gasteiger partial charge on any atom is -0.375 e. The van der Waals surface area contributed by atoms with E-state index in [1.54, 1.807) is 0 Å². The maximum absolute atomic E-state index is 11.6. The van der Waals surface area contributed by atoms with E-state index in [0.717, 1.165) is 19.6 Å². The fraction of sp³-hybridized carbons (Fsp3) is 0.917. The van der Waals surface area contributed by atoms with E-state index in [1.807, 2.05) is 0 Å². The number of hydrogen-bond donors (Lipinski definition) is 2. The van der Waals surface area contributed by atoms with Crippen molar-refractivity contribution in [3.63, 3.8) is 0 Å². The SMILES string of the molecule is CC1(C)CC1CNC(=O)CC1CNCCO1. The summed E-state index contributed by atoms with van der Waals surface area (Å²) < 4.78 is 5.49. The Morgan fingerprint density at radius 3 is 2.88 bits per heavy atom. The molecule has 4 nitrogen and oxygen atoms in total. The van der Waals surface area contributed by atoms with Gasteiger partial charge in [0, 0.05) is 19.6 Å². The minimum atomic E-state index is 0.0564. The molecule has 0 bridgehead atoms. The molecule has 2 atom stereocenters. The van der Waals surface area contributed by atoms with Crippen LogP contribution < -0.4 is 10.6 Å². The summed E-state index contributed by atoms with van der Waals surface area (Å²) in [6, 6.07) is 0. The number of carbonyl (C=O) groups excluding carboxylic acids is 1. The molecule has 2 N–H and O–H groups in total. The summed E-state index contributed by atoms with van der Waals surface area (Å²) in [4.78, 5) is 11.6. The molecule has 1 saturated heterocycles. The average molecular weight is 226 g/mol. The number of rotatable bonds is 4. The molecule has 0 aromatic carbocycles. The Morgan fingerprint density at radius 1 is 1.56 bits per heavy atom. The van der Waals surface area contributed by atoms with Crippen LogP contribution >= 0.6 is 0 Å². The van der Waals surface area contributed by atoms with E-state index < -0.39 is 0 Å². The standard InChI is InChI=1S/C12H22N2O2/c1-12(2)6-9(12)7-14-11(15)5-10-8-13-3-4-16-10/h9-10,13H,3-8H2,1-2H3,(H,14,15). The van der Waals surface area contributed by atoms with Gasteiger partial charge >= 0.3 is 0 Å². The summed E-state index contributed by atoms with van der Waals surface area (Å²) in [7, 11) is 0. The summed E-state index contributed by atoms with van der Waals surface area (Å²) in [6.45, 7) is 7.73. The Morgan fingerprint density at radius 2 is 2.31 bits per heavy atom. The molecule has 1 saturated carbocycles. The monoisotopic (exact) mass is 226 g/mol. The summed E-state index contributed by atoms with van der Waals surface area (Å²) in [5.74, 6) is 0.790. The quantitative estimate of drug-likeness (QED) is 0.735. The zero-order valence-corrected chi connectivity index (χ0v) is 10.2. The van der Waals surface area contributed by atoms with E-state index in [9.17, 15) is 4.79 Å². The Hall–Kier alpha value is -0.610. The van der Waals surface area contributed by atoms with Crippen molar-refractivity contribution in [2.24, 2.45) is 11.3 Å². The highest BCUT2D eigenvalue weighted by atomic mass is 16.5. The summed E-state index contributed by atoms with van der Waals surface area (Å²) in [5, 5.41) is 6.23. The number of morpholine rings is 1. The van der Waals surface area contributed by atoms with Crippen LogP contribution in [-0.4, -0.2) is 38.3 Å². The lowest BCUT2D eigenvalue weighted by atomic mass is 10.1. The topological polar surface area (TPSA) is 50.4 Å². The van der Waals surface area contributed by atoms with Crippen molar-refractivity contribution in [1.82, 2.24) is 10.6 Å². The highest BCUT2D eigenvalue weighted by Gasteiger charge is 2.45. The van der Waals surface area contributed by atoms with E-state index in [0.29, 0.717) is 24.4 Å². The van der Waals surface area contributed by atoms with Crippen molar-refractivity contribution >= 4 is 5.91 Å². The van der Waals surface area contributed by atoms with Crippen LogP contribution in [0.5, 0.6) is 0 Å². The van der Waals surface area contributed by atoms with E-state index in [-0.39, 0.29) is 12.0 Å². The van der Waals surface area contributed by atoms with E-state index >= 15 is 0 Å². The lowest BCUT2D eigenvalue weighted by Gasteiger charge is -2.23. The van der Waals surface area contributed by atoms with Crippen LogP contribution in [0, 0.1) is 11.3 Å². The Balaban J connectivity index is 1.61. The maximum Gasteiger partial charge on any atom is 0.222 e. The zero-order valence-electron chi connectivity index (χ0n) is 10.2. The van der Waals surface area contributed by atoms with Crippen molar-refractivity contribution in [2.75, 3.05) is 26.2 Å². The molecule has 1 amide bonds. The number of carbonyl (C=O) groups is 1. The molecule has 0 aromatic heterocycles. The summed E-state index contributed by atoms with van der Waals surface area (Å²) >= 11 is 0. The van der Waals surface area contributed by atoms with Crippen LogP contribution in [0.15, 0.2) is 0 Å². The van der Waals surface area contributed by atoms with Gasteiger partial charge in [0.25, 0.3) is 0 Å². The van der Waals surface area contributed by atoms with Crippen LogP contribution in [0.1, 0.15) is 26.7 Å².